The van der Waals surface area contributed by atoms with Crippen LogP contribution in [0.25, 0.3) is 0 Å². The third kappa shape index (κ3) is 10.1. The van der Waals surface area contributed by atoms with Crippen molar-refractivity contribution >= 4 is 69.9 Å². The number of amides is 6. The van der Waals surface area contributed by atoms with Crippen molar-refractivity contribution in [2.45, 2.75) is 32.1 Å². The minimum absolute atomic E-state index is 0.0427. The van der Waals surface area contributed by atoms with Crippen molar-refractivity contribution in [1.82, 2.24) is 28.9 Å². The Balaban J connectivity index is 1.16. The molecular weight excluding hydrogens is 736 g/mol. The summed E-state index contributed by atoms with van der Waals surface area (Å²) < 4.78 is 6.23. The van der Waals surface area contributed by atoms with E-state index in [2.05, 4.69) is 31.9 Å². The Hall–Kier alpha value is -7.12. The summed E-state index contributed by atoms with van der Waals surface area (Å²) in [6, 6.07) is 6.09. The lowest BCUT2D eigenvalue weighted by molar-refractivity contribution is -0.128. The fourth-order valence-electron chi connectivity index (χ4n) is 6.68. The van der Waals surface area contributed by atoms with Crippen molar-refractivity contribution in [3.05, 3.63) is 71.8 Å². The summed E-state index contributed by atoms with van der Waals surface area (Å²) in [6.45, 7) is 0.404. The lowest BCUT2D eigenvalue weighted by Crippen LogP contribution is -2.33. The van der Waals surface area contributed by atoms with Gasteiger partial charge in [-0.3, -0.25) is 39.6 Å². The monoisotopic (exact) mass is 784 g/mol. The molecule has 0 aliphatic heterocycles. The summed E-state index contributed by atoms with van der Waals surface area (Å²) >= 11 is 0. The average Bonchev–Trinajstić information content (AvgIpc) is 3.96. The van der Waals surface area contributed by atoms with Gasteiger partial charge >= 0.3 is 0 Å². The Kier molecular flexibility index (Phi) is 12.6. The molecule has 0 spiro atoms. The topological polar surface area (TPSA) is 294 Å². The Morgan fingerprint density at radius 2 is 0.842 bits per heavy atom. The first-order valence-corrected chi connectivity index (χ1v) is 18.1. The zero-order valence-electron chi connectivity index (χ0n) is 32.1. The molecule has 0 unspecified atom stereocenters. The molecule has 20 nitrogen and oxygen atoms in total. The molecule has 4 aromatic heterocycles. The van der Waals surface area contributed by atoms with Crippen LogP contribution in [0, 0.1) is 22.7 Å². The van der Waals surface area contributed by atoms with E-state index in [1.807, 2.05) is 0 Å². The van der Waals surface area contributed by atoms with E-state index < -0.39 is 23.7 Å². The van der Waals surface area contributed by atoms with Crippen molar-refractivity contribution in [3.63, 3.8) is 0 Å². The second-order valence-electron chi connectivity index (χ2n) is 14.0. The van der Waals surface area contributed by atoms with E-state index in [0.29, 0.717) is 53.4 Å². The van der Waals surface area contributed by atoms with Crippen LogP contribution in [0.15, 0.2) is 49.1 Å². The van der Waals surface area contributed by atoms with Gasteiger partial charge in [0, 0.05) is 90.7 Å². The van der Waals surface area contributed by atoms with E-state index in [9.17, 15) is 28.8 Å². The molecule has 302 valence electrons. The van der Waals surface area contributed by atoms with Crippen LogP contribution < -0.4 is 43.4 Å². The van der Waals surface area contributed by atoms with E-state index in [-0.39, 0.29) is 72.6 Å². The number of aryl methyl sites for hydroxylation is 4. The fourth-order valence-corrected chi connectivity index (χ4v) is 6.68. The zero-order chi connectivity index (χ0) is 41.6. The van der Waals surface area contributed by atoms with Crippen molar-refractivity contribution in [2.75, 3.05) is 34.4 Å². The molecule has 4 aromatic rings. The third-order valence-corrected chi connectivity index (χ3v) is 9.55. The number of carbonyl (C=O) groups excluding carboxylic acids is 6. The van der Waals surface area contributed by atoms with Gasteiger partial charge in [0.2, 0.25) is 11.8 Å². The maximum Gasteiger partial charge on any atom is 0.272 e. The number of rotatable bonds is 16. The molecule has 20 heteroatoms. The zero-order valence-corrected chi connectivity index (χ0v) is 32.1. The summed E-state index contributed by atoms with van der Waals surface area (Å²) in [5.41, 5.74) is 13.3. The number of hydrogen-bond acceptors (Lipinski definition) is 8. The van der Waals surface area contributed by atoms with E-state index in [0.717, 1.165) is 0 Å². The summed E-state index contributed by atoms with van der Waals surface area (Å²) in [5.74, 6) is -3.80. The highest BCUT2D eigenvalue weighted by molar-refractivity contribution is 6.07. The van der Waals surface area contributed by atoms with E-state index in [1.165, 1.54) is 24.3 Å². The summed E-state index contributed by atoms with van der Waals surface area (Å²) in [5, 5.41) is 31.2. The van der Waals surface area contributed by atoms with Crippen molar-refractivity contribution in [2.24, 2.45) is 51.5 Å². The van der Waals surface area contributed by atoms with Gasteiger partial charge < -0.3 is 61.6 Å². The smallest absolute Gasteiger partial charge is 0.272 e. The van der Waals surface area contributed by atoms with E-state index in [1.54, 1.807) is 71.2 Å². The second kappa shape index (κ2) is 17.6. The normalized spacial score (nSPS) is 14.7. The first kappa shape index (κ1) is 41.1. The number of amidine groups is 2. The van der Waals surface area contributed by atoms with Gasteiger partial charge in [0.25, 0.3) is 23.6 Å². The van der Waals surface area contributed by atoms with Crippen LogP contribution in [0.2, 0.25) is 0 Å². The summed E-state index contributed by atoms with van der Waals surface area (Å²) in [4.78, 5) is 78.4. The molecule has 1 aliphatic rings. The highest BCUT2D eigenvalue weighted by Gasteiger charge is 2.38. The van der Waals surface area contributed by atoms with Crippen molar-refractivity contribution in [3.8, 4) is 0 Å². The number of aromatic nitrogens is 4. The fraction of sp³-hybridized carbons (Fsp3) is 0.351. The SMILES string of the molecule is Cn1cc(NC(=O)c2cc(NC(=O)[C@H]3CCC[C@@H]3C(=O)Nc3cc(C(=O)Nc4cc(C(=O)NCCC(=N)N)n(C)c4)n(C)c3)cn2C)cc1C(=O)NCCC(=N)N. The molecule has 0 bridgehead atoms. The Morgan fingerprint density at radius 3 is 1.16 bits per heavy atom. The maximum atomic E-state index is 13.5. The number of hydrogen-bond donors (Lipinski definition) is 10. The first-order valence-electron chi connectivity index (χ1n) is 18.1. The molecule has 0 radical (unpaired) electrons. The van der Waals surface area contributed by atoms with Crippen LogP contribution >= 0.6 is 0 Å². The van der Waals surface area contributed by atoms with E-state index >= 15 is 0 Å². The van der Waals surface area contributed by atoms with Crippen LogP contribution in [0.1, 0.15) is 74.1 Å². The quantitative estimate of drug-likeness (QED) is 0.0587. The summed E-state index contributed by atoms with van der Waals surface area (Å²) in [6.07, 6.45) is 8.41. The minimum Gasteiger partial charge on any atom is -0.388 e. The number of nitrogens with one attached hydrogen (secondary N) is 8. The first-order chi connectivity index (χ1) is 27.0. The van der Waals surface area contributed by atoms with Gasteiger partial charge in [-0.25, -0.2) is 0 Å². The number of nitrogens with zero attached hydrogens (tertiary/aromatic N) is 4. The number of carbonyl (C=O) groups is 6. The summed E-state index contributed by atoms with van der Waals surface area (Å²) in [7, 11) is 6.62. The van der Waals surface area contributed by atoms with Gasteiger partial charge in [-0.05, 0) is 37.1 Å². The van der Waals surface area contributed by atoms with Crippen molar-refractivity contribution < 1.29 is 28.8 Å². The second-order valence-corrected chi connectivity index (χ2v) is 14.0. The standard InChI is InChI=1S/C37H48N14O6/c1-48-18-22(12-26(48)34(54)42-10-8-30(38)39)46-36(56)28-14-20(16-50(28)3)44-32(52)24-6-5-7-25(24)33(53)45-21-15-29(51(4)17-21)37(57)47-23-13-27(49(2)19-23)35(55)43-11-9-31(40)41/h12-19,24-25H,5-11H2,1-4H3,(H3,38,39)(H3,40,41)(H,42,54)(H,43,55)(H,44,52)(H,45,53)(H,46,56)(H,47,57)/t24-,25-/m0/s1. The molecule has 0 aromatic carbocycles. The molecule has 0 saturated heterocycles. The van der Waals surface area contributed by atoms with Gasteiger partial charge in [0.1, 0.15) is 22.8 Å². The van der Waals surface area contributed by atoms with Crippen LogP contribution in [0.5, 0.6) is 0 Å². The lowest BCUT2D eigenvalue weighted by Gasteiger charge is -2.18. The minimum atomic E-state index is -0.634. The largest absolute Gasteiger partial charge is 0.388 e. The third-order valence-electron chi connectivity index (χ3n) is 9.55. The Bertz CT molecular complexity index is 2090. The van der Waals surface area contributed by atoms with Crippen LogP contribution in [0.4, 0.5) is 22.7 Å². The molecule has 12 N–H and O–H groups in total. The van der Waals surface area contributed by atoms with Gasteiger partial charge in [-0.15, -0.1) is 0 Å². The lowest BCUT2D eigenvalue weighted by atomic mass is 9.94. The van der Waals surface area contributed by atoms with Gasteiger partial charge in [0.15, 0.2) is 0 Å². The van der Waals surface area contributed by atoms with Crippen LogP contribution in [-0.4, -0.2) is 78.5 Å². The van der Waals surface area contributed by atoms with Gasteiger partial charge in [0.05, 0.1) is 34.4 Å². The molecule has 6 amide bonds. The van der Waals surface area contributed by atoms with Crippen molar-refractivity contribution in [1.29, 1.82) is 10.8 Å². The highest BCUT2D eigenvalue weighted by Crippen LogP contribution is 2.34. The molecular formula is C37H48N14O6. The maximum absolute atomic E-state index is 13.5. The predicted octanol–water partition coefficient (Wildman–Crippen LogP) is 1.65. The van der Waals surface area contributed by atoms with Crippen LogP contribution in [0.3, 0.4) is 0 Å². The number of nitrogens with two attached hydrogens (primary N) is 2. The molecule has 1 aliphatic carbocycles. The van der Waals surface area contributed by atoms with Gasteiger partial charge in [-0.2, -0.15) is 0 Å². The van der Waals surface area contributed by atoms with Crippen LogP contribution in [-0.2, 0) is 37.8 Å². The molecule has 2 atom stereocenters. The molecule has 1 fully saturated rings. The highest BCUT2D eigenvalue weighted by atomic mass is 16.2. The average molecular weight is 785 g/mol. The number of anilines is 4. The molecule has 1 saturated carbocycles. The molecule has 5 rings (SSSR count). The van der Waals surface area contributed by atoms with Gasteiger partial charge in [-0.1, -0.05) is 6.42 Å². The molecule has 57 heavy (non-hydrogen) atoms. The molecule has 4 heterocycles. The predicted molar refractivity (Wildman–Crippen MR) is 213 cm³/mol. The Labute approximate surface area is 327 Å². The van der Waals surface area contributed by atoms with E-state index in [4.69, 9.17) is 22.3 Å². The Morgan fingerprint density at radius 1 is 0.544 bits per heavy atom.